The van der Waals surface area contributed by atoms with Crippen LogP contribution >= 0.6 is 0 Å². The SMILES string of the molecule is C[C@H](NC[C@@H](O)COc1ccc2ccccc2c1)[C@@H](O)c1ccc(O)cc1. The summed E-state index contributed by atoms with van der Waals surface area (Å²) >= 11 is 0. The van der Waals surface area contributed by atoms with Crippen LogP contribution in [0, 0.1) is 0 Å². The first kappa shape index (κ1) is 19.2. The monoisotopic (exact) mass is 367 g/mol. The van der Waals surface area contributed by atoms with Crippen molar-refractivity contribution in [2.45, 2.75) is 25.2 Å². The van der Waals surface area contributed by atoms with Crippen molar-refractivity contribution in [3.8, 4) is 11.5 Å². The van der Waals surface area contributed by atoms with Crippen molar-refractivity contribution < 1.29 is 20.1 Å². The molecule has 0 unspecified atom stereocenters. The van der Waals surface area contributed by atoms with Crippen LogP contribution in [0.3, 0.4) is 0 Å². The van der Waals surface area contributed by atoms with Crippen molar-refractivity contribution in [1.82, 2.24) is 5.32 Å². The van der Waals surface area contributed by atoms with Gasteiger partial charge < -0.3 is 25.4 Å². The molecule has 0 saturated carbocycles. The van der Waals surface area contributed by atoms with Gasteiger partial charge in [0.05, 0.1) is 6.10 Å². The smallest absolute Gasteiger partial charge is 0.120 e. The Bertz CT molecular complexity index is 866. The summed E-state index contributed by atoms with van der Waals surface area (Å²) in [6, 6.07) is 20.0. The van der Waals surface area contributed by atoms with Crippen molar-refractivity contribution >= 4 is 10.8 Å². The van der Waals surface area contributed by atoms with Gasteiger partial charge in [-0.25, -0.2) is 0 Å². The van der Waals surface area contributed by atoms with Crippen LogP contribution in [-0.4, -0.2) is 40.6 Å². The molecule has 0 radical (unpaired) electrons. The van der Waals surface area contributed by atoms with Crippen molar-refractivity contribution in [3.05, 3.63) is 72.3 Å². The van der Waals surface area contributed by atoms with E-state index in [-0.39, 0.29) is 18.4 Å². The van der Waals surface area contributed by atoms with Crippen molar-refractivity contribution in [1.29, 1.82) is 0 Å². The van der Waals surface area contributed by atoms with Crippen LogP contribution in [0.2, 0.25) is 0 Å². The molecular formula is C22H25NO4. The van der Waals surface area contributed by atoms with E-state index in [9.17, 15) is 15.3 Å². The molecule has 142 valence electrons. The molecular weight excluding hydrogens is 342 g/mol. The first-order chi connectivity index (χ1) is 13.0. The summed E-state index contributed by atoms with van der Waals surface area (Å²) in [6.07, 6.45) is -1.44. The number of ether oxygens (including phenoxy) is 1. The molecule has 0 fully saturated rings. The highest BCUT2D eigenvalue weighted by molar-refractivity contribution is 5.83. The normalized spacial score (nSPS) is 14.6. The summed E-state index contributed by atoms with van der Waals surface area (Å²) in [6.45, 7) is 2.30. The number of nitrogens with one attached hydrogen (secondary N) is 1. The van der Waals surface area contributed by atoms with Gasteiger partial charge in [0.2, 0.25) is 0 Å². The van der Waals surface area contributed by atoms with E-state index in [0.29, 0.717) is 17.9 Å². The topological polar surface area (TPSA) is 82.0 Å². The minimum Gasteiger partial charge on any atom is -0.508 e. The molecule has 0 aliphatic carbocycles. The molecule has 0 amide bonds. The third-order valence-corrected chi connectivity index (χ3v) is 4.55. The summed E-state index contributed by atoms with van der Waals surface area (Å²) in [5.74, 6) is 0.873. The molecule has 3 atom stereocenters. The fourth-order valence-corrected chi connectivity index (χ4v) is 2.90. The number of hydrogen-bond acceptors (Lipinski definition) is 5. The third-order valence-electron chi connectivity index (χ3n) is 4.55. The van der Waals surface area contributed by atoms with Crippen molar-refractivity contribution in [2.24, 2.45) is 0 Å². The van der Waals surface area contributed by atoms with E-state index in [1.807, 2.05) is 49.4 Å². The lowest BCUT2D eigenvalue weighted by Crippen LogP contribution is -2.39. The first-order valence-corrected chi connectivity index (χ1v) is 9.03. The van der Waals surface area contributed by atoms with E-state index in [4.69, 9.17) is 4.74 Å². The summed E-state index contributed by atoms with van der Waals surface area (Å²) in [5, 5.41) is 35.2. The molecule has 0 aromatic heterocycles. The predicted molar refractivity (Wildman–Crippen MR) is 106 cm³/mol. The van der Waals surface area contributed by atoms with Crippen LogP contribution in [0.25, 0.3) is 10.8 Å². The number of benzene rings is 3. The van der Waals surface area contributed by atoms with Crippen LogP contribution in [-0.2, 0) is 0 Å². The van der Waals surface area contributed by atoms with E-state index in [1.165, 1.54) is 12.1 Å². The van der Waals surface area contributed by atoms with E-state index in [0.717, 1.165) is 10.8 Å². The van der Waals surface area contributed by atoms with Crippen molar-refractivity contribution in [3.63, 3.8) is 0 Å². The molecule has 0 bridgehead atoms. The number of phenolic OH excluding ortho intramolecular Hbond substituents is 1. The minimum absolute atomic E-state index is 0.160. The van der Waals surface area contributed by atoms with Gasteiger partial charge in [0.15, 0.2) is 0 Å². The Morgan fingerprint density at radius 1 is 0.926 bits per heavy atom. The lowest BCUT2D eigenvalue weighted by atomic mass is 10.0. The van der Waals surface area contributed by atoms with Gasteiger partial charge in [-0.3, -0.25) is 0 Å². The lowest BCUT2D eigenvalue weighted by molar-refractivity contribution is 0.0876. The maximum absolute atomic E-state index is 10.3. The number of aromatic hydroxyl groups is 1. The second kappa shape index (κ2) is 8.86. The van der Waals surface area contributed by atoms with Crippen LogP contribution < -0.4 is 10.1 Å². The van der Waals surface area contributed by atoms with Gasteiger partial charge >= 0.3 is 0 Å². The average molecular weight is 367 g/mol. The molecule has 3 rings (SSSR count). The molecule has 0 spiro atoms. The number of fused-ring (bicyclic) bond motifs is 1. The summed E-state index contributed by atoms with van der Waals surface area (Å²) in [7, 11) is 0. The van der Waals surface area contributed by atoms with Gasteiger partial charge in [0.25, 0.3) is 0 Å². The fraction of sp³-hybridized carbons (Fsp3) is 0.273. The second-order valence-corrected chi connectivity index (χ2v) is 6.71. The van der Waals surface area contributed by atoms with Crippen LogP contribution in [0.4, 0.5) is 0 Å². The van der Waals surface area contributed by atoms with Gasteiger partial charge in [-0.05, 0) is 47.5 Å². The Labute approximate surface area is 158 Å². The molecule has 5 nitrogen and oxygen atoms in total. The lowest BCUT2D eigenvalue weighted by Gasteiger charge is -2.22. The van der Waals surface area contributed by atoms with Crippen LogP contribution in [0.5, 0.6) is 11.5 Å². The molecule has 3 aromatic rings. The number of aliphatic hydroxyl groups is 2. The average Bonchev–Trinajstić information content (AvgIpc) is 2.70. The van der Waals surface area contributed by atoms with Crippen LogP contribution in [0.1, 0.15) is 18.6 Å². The third kappa shape index (κ3) is 5.20. The molecule has 27 heavy (non-hydrogen) atoms. The number of phenols is 1. The molecule has 0 heterocycles. The Balaban J connectivity index is 1.47. The van der Waals surface area contributed by atoms with Gasteiger partial charge in [-0.1, -0.05) is 42.5 Å². The molecule has 0 saturated heterocycles. The van der Waals surface area contributed by atoms with Crippen molar-refractivity contribution in [2.75, 3.05) is 13.2 Å². The summed E-state index contributed by atoms with van der Waals surface area (Å²) < 4.78 is 5.69. The number of rotatable bonds is 8. The zero-order valence-electron chi connectivity index (χ0n) is 15.2. The van der Waals surface area contributed by atoms with E-state index >= 15 is 0 Å². The van der Waals surface area contributed by atoms with Gasteiger partial charge in [0.1, 0.15) is 24.2 Å². The summed E-state index contributed by atoms with van der Waals surface area (Å²) in [5.41, 5.74) is 0.703. The maximum atomic E-state index is 10.3. The number of aliphatic hydroxyl groups excluding tert-OH is 2. The molecule has 0 aliphatic rings. The van der Waals surface area contributed by atoms with E-state index in [1.54, 1.807) is 12.1 Å². The summed E-state index contributed by atoms with van der Waals surface area (Å²) in [4.78, 5) is 0. The Kier molecular flexibility index (Phi) is 6.29. The maximum Gasteiger partial charge on any atom is 0.120 e. The van der Waals surface area contributed by atoms with Gasteiger partial charge in [0, 0.05) is 12.6 Å². The molecule has 3 aromatic carbocycles. The Hall–Kier alpha value is -2.60. The van der Waals surface area contributed by atoms with Gasteiger partial charge in [-0.2, -0.15) is 0 Å². The molecule has 0 aliphatic heterocycles. The first-order valence-electron chi connectivity index (χ1n) is 9.03. The second-order valence-electron chi connectivity index (χ2n) is 6.71. The predicted octanol–water partition coefficient (Wildman–Crippen LogP) is 3.00. The molecule has 4 N–H and O–H groups in total. The Morgan fingerprint density at radius 2 is 1.63 bits per heavy atom. The van der Waals surface area contributed by atoms with E-state index in [2.05, 4.69) is 5.32 Å². The Morgan fingerprint density at radius 3 is 2.37 bits per heavy atom. The zero-order valence-corrected chi connectivity index (χ0v) is 15.2. The number of hydrogen-bond donors (Lipinski definition) is 4. The largest absolute Gasteiger partial charge is 0.508 e. The standard InChI is InChI=1S/C22H25NO4/c1-15(22(26)17-6-9-19(24)10-7-17)23-13-20(25)14-27-21-11-8-16-4-2-3-5-18(16)12-21/h2-12,15,20,22-26H,13-14H2,1H3/t15-,20+,22+/m0/s1. The minimum atomic E-state index is -0.737. The highest BCUT2D eigenvalue weighted by Crippen LogP contribution is 2.21. The van der Waals surface area contributed by atoms with E-state index < -0.39 is 12.2 Å². The quantitative estimate of drug-likeness (QED) is 0.492. The fourth-order valence-electron chi connectivity index (χ4n) is 2.90. The highest BCUT2D eigenvalue weighted by atomic mass is 16.5. The van der Waals surface area contributed by atoms with Crippen LogP contribution in [0.15, 0.2) is 66.7 Å². The molecule has 5 heteroatoms. The zero-order chi connectivity index (χ0) is 19.2. The highest BCUT2D eigenvalue weighted by Gasteiger charge is 2.17. The van der Waals surface area contributed by atoms with Gasteiger partial charge in [-0.15, -0.1) is 0 Å².